The van der Waals surface area contributed by atoms with Crippen LogP contribution in [-0.4, -0.2) is 6.29 Å². The van der Waals surface area contributed by atoms with Gasteiger partial charge in [0.25, 0.3) is 0 Å². The number of aldehydes is 1. The molecule has 2 heteroatoms. The van der Waals surface area contributed by atoms with Crippen LogP contribution < -0.4 is 0 Å². The Bertz CT molecular complexity index is 455. The second-order valence-electron chi connectivity index (χ2n) is 3.06. The van der Waals surface area contributed by atoms with Gasteiger partial charge in [-0.3, -0.25) is 4.79 Å². The third kappa shape index (κ3) is 2.22. The first-order valence-electron chi connectivity index (χ1n) is 4.66. The monoisotopic (exact) mass is 214 g/mol. The third-order valence-electron chi connectivity index (χ3n) is 2.11. The maximum absolute atomic E-state index is 10.6. The highest BCUT2D eigenvalue weighted by molar-refractivity contribution is 7.11. The van der Waals surface area contributed by atoms with E-state index in [1.165, 1.54) is 0 Å². The van der Waals surface area contributed by atoms with Crippen molar-refractivity contribution in [2.45, 2.75) is 0 Å². The lowest BCUT2D eigenvalue weighted by Gasteiger charge is -2.03. The van der Waals surface area contributed by atoms with Crippen molar-refractivity contribution in [2.75, 3.05) is 0 Å². The van der Waals surface area contributed by atoms with Crippen LogP contribution in [0.4, 0.5) is 0 Å². The molecule has 0 amide bonds. The molecule has 2 aromatic rings. The highest BCUT2D eigenvalue weighted by Gasteiger charge is 2.04. The van der Waals surface area contributed by atoms with Crippen molar-refractivity contribution in [2.24, 2.45) is 0 Å². The van der Waals surface area contributed by atoms with E-state index in [4.69, 9.17) is 0 Å². The Morgan fingerprint density at radius 1 is 1.07 bits per heavy atom. The Morgan fingerprint density at radius 2 is 1.87 bits per heavy atom. The second-order valence-corrected chi connectivity index (χ2v) is 4.01. The fraction of sp³-hybridized carbons (Fsp3) is 0. The summed E-state index contributed by atoms with van der Waals surface area (Å²) in [6.07, 6.45) is 2.45. The number of thiophene rings is 1. The van der Waals surface area contributed by atoms with Gasteiger partial charge in [0.1, 0.15) is 6.29 Å². The number of hydrogen-bond donors (Lipinski definition) is 0. The highest BCUT2D eigenvalue weighted by atomic mass is 32.1. The maximum Gasteiger partial charge on any atom is 0.143 e. The maximum atomic E-state index is 10.6. The summed E-state index contributed by atoms with van der Waals surface area (Å²) >= 11 is 1.64. The SMILES string of the molecule is O=CC=C(c1ccccc1)c1cccs1. The average Bonchev–Trinajstić information content (AvgIpc) is 2.80. The summed E-state index contributed by atoms with van der Waals surface area (Å²) < 4.78 is 0. The van der Waals surface area contributed by atoms with Crippen LogP contribution in [0.25, 0.3) is 5.57 Å². The lowest BCUT2D eigenvalue weighted by molar-refractivity contribution is -0.104. The number of hydrogen-bond acceptors (Lipinski definition) is 2. The van der Waals surface area contributed by atoms with Crippen LogP contribution >= 0.6 is 11.3 Å². The van der Waals surface area contributed by atoms with Gasteiger partial charge in [0.15, 0.2) is 0 Å². The number of benzene rings is 1. The summed E-state index contributed by atoms with van der Waals surface area (Å²) in [4.78, 5) is 11.7. The lowest BCUT2D eigenvalue weighted by Crippen LogP contribution is -1.84. The van der Waals surface area contributed by atoms with Crippen molar-refractivity contribution in [3.8, 4) is 0 Å². The van der Waals surface area contributed by atoms with E-state index >= 15 is 0 Å². The molecule has 0 radical (unpaired) electrons. The molecule has 0 fully saturated rings. The van der Waals surface area contributed by atoms with Crippen LogP contribution in [0.1, 0.15) is 10.4 Å². The molecule has 0 atom stereocenters. The molecule has 0 aliphatic carbocycles. The quantitative estimate of drug-likeness (QED) is 0.565. The molecular weight excluding hydrogens is 204 g/mol. The van der Waals surface area contributed by atoms with Crippen LogP contribution in [0, 0.1) is 0 Å². The Kier molecular flexibility index (Phi) is 3.10. The van der Waals surface area contributed by atoms with Gasteiger partial charge in [-0.2, -0.15) is 0 Å². The van der Waals surface area contributed by atoms with Gasteiger partial charge >= 0.3 is 0 Å². The van der Waals surface area contributed by atoms with Crippen molar-refractivity contribution in [1.82, 2.24) is 0 Å². The van der Waals surface area contributed by atoms with Gasteiger partial charge in [0, 0.05) is 10.5 Å². The average molecular weight is 214 g/mol. The topological polar surface area (TPSA) is 17.1 Å². The summed E-state index contributed by atoms with van der Waals surface area (Å²) in [6, 6.07) is 13.9. The van der Waals surface area contributed by atoms with Crippen LogP contribution in [0.15, 0.2) is 53.9 Å². The van der Waals surface area contributed by atoms with Gasteiger partial charge < -0.3 is 0 Å². The predicted molar refractivity (Wildman–Crippen MR) is 63.9 cm³/mol. The molecule has 2 rings (SSSR count). The summed E-state index contributed by atoms with van der Waals surface area (Å²) in [5, 5.41) is 2.01. The van der Waals surface area contributed by atoms with E-state index in [0.29, 0.717) is 0 Å². The number of rotatable bonds is 3. The molecule has 0 aliphatic heterocycles. The Morgan fingerprint density at radius 3 is 2.47 bits per heavy atom. The van der Waals surface area contributed by atoms with E-state index in [9.17, 15) is 4.79 Å². The van der Waals surface area contributed by atoms with E-state index in [1.54, 1.807) is 17.4 Å². The molecule has 74 valence electrons. The molecular formula is C13H10OS. The number of carbonyl (C=O) groups excluding carboxylic acids is 1. The van der Waals surface area contributed by atoms with E-state index in [1.807, 2.05) is 47.8 Å². The van der Waals surface area contributed by atoms with E-state index < -0.39 is 0 Å². The first-order chi connectivity index (χ1) is 7.42. The van der Waals surface area contributed by atoms with Crippen LogP contribution in [-0.2, 0) is 4.79 Å². The van der Waals surface area contributed by atoms with Crippen LogP contribution in [0.2, 0.25) is 0 Å². The fourth-order valence-corrected chi connectivity index (χ4v) is 2.21. The summed E-state index contributed by atoms with van der Waals surface area (Å²) in [5.41, 5.74) is 2.06. The first-order valence-corrected chi connectivity index (χ1v) is 5.54. The van der Waals surface area contributed by atoms with Gasteiger partial charge in [0.05, 0.1) is 0 Å². The predicted octanol–water partition coefficient (Wildman–Crippen LogP) is 3.38. The normalized spacial score (nSPS) is 11.3. The van der Waals surface area contributed by atoms with Crippen molar-refractivity contribution in [3.63, 3.8) is 0 Å². The molecule has 0 unspecified atom stereocenters. The zero-order valence-electron chi connectivity index (χ0n) is 8.09. The van der Waals surface area contributed by atoms with Crippen LogP contribution in [0.5, 0.6) is 0 Å². The smallest absolute Gasteiger partial charge is 0.143 e. The summed E-state index contributed by atoms with van der Waals surface area (Å²) in [5.74, 6) is 0. The van der Waals surface area contributed by atoms with Crippen LogP contribution in [0.3, 0.4) is 0 Å². The van der Waals surface area contributed by atoms with Gasteiger partial charge in [0.2, 0.25) is 0 Å². The Balaban J connectivity index is 2.47. The van der Waals surface area contributed by atoms with E-state index in [-0.39, 0.29) is 0 Å². The largest absolute Gasteiger partial charge is 0.299 e. The Labute approximate surface area is 92.7 Å². The summed E-state index contributed by atoms with van der Waals surface area (Å²) in [6.45, 7) is 0. The standard InChI is InChI=1S/C13H10OS/c14-9-8-12(13-7-4-10-15-13)11-5-2-1-3-6-11/h1-10H. The van der Waals surface area contributed by atoms with Crippen molar-refractivity contribution in [3.05, 3.63) is 64.4 Å². The molecule has 1 heterocycles. The van der Waals surface area contributed by atoms with Crippen molar-refractivity contribution in [1.29, 1.82) is 0 Å². The van der Waals surface area contributed by atoms with Gasteiger partial charge in [-0.15, -0.1) is 11.3 Å². The molecule has 1 nitrogen and oxygen atoms in total. The second kappa shape index (κ2) is 4.71. The Hall–Kier alpha value is -1.67. The van der Waals surface area contributed by atoms with E-state index in [2.05, 4.69) is 0 Å². The highest BCUT2D eigenvalue weighted by Crippen LogP contribution is 2.26. The number of carbonyl (C=O) groups is 1. The van der Waals surface area contributed by atoms with E-state index in [0.717, 1.165) is 22.3 Å². The van der Waals surface area contributed by atoms with Crippen molar-refractivity contribution < 1.29 is 4.79 Å². The molecule has 0 saturated heterocycles. The molecule has 0 N–H and O–H groups in total. The zero-order chi connectivity index (χ0) is 10.5. The molecule has 1 aromatic heterocycles. The molecule has 0 saturated carbocycles. The zero-order valence-corrected chi connectivity index (χ0v) is 8.91. The van der Waals surface area contributed by atoms with Gasteiger partial charge in [-0.1, -0.05) is 36.4 Å². The number of allylic oxidation sites excluding steroid dienone is 1. The molecule has 0 spiro atoms. The van der Waals surface area contributed by atoms with Gasteiger partial charge in [-0.05, 0) is 23.1 Å². The molecule has 0 bridgehead atoms. The minimum Gasteiger partial charge on any atom is -0.299 e. The van der Waals surface area contributed by atoms with Gasteiger partial charge in [-0.25, -0.2) is 0 Å². The molecule has 15 heavy (non-hydrogen) atoms. The molecule has 1 aromatic carbocycles. The minimum atomic E-state index is 0.835. The van der Waals surface area contributed by atoms with Crippen molar-refractivity contribution >= 4 is 23.2 Å². The summed E-state index contributed by atoms with van der Waals surface area (Å²) in [7, 11) is 0. The fourth-order valence-electron chi connectivity index (χ4n) is 1.44. The molecule has 0 aliphatic rings. The lowest BCUT2D eigenvalue weighted by atomic mass is 10.0. The minimum absolute atomic E-state index is 0.835. The third-order valence-corrected chi connectivity index (χ3v) is 3.01. The first kappa shape index (κ1) is 9.87.